The van der Waals surface area contributed by atoms with Crippen LogP contribution in [0.3, 0.4) is 0 Å². The normalized spacial score (nSPS) is 17.2. The molecule has 0 unspecified atom stereocenters. The van der Waals surface area contributed by atoms with Crippen molar-refractivity contribution in [2.24, 2.45) is 5.92 Å². The third kappa shape index (κ3) is 6.12. The zero-order chi connectivity index (χ0) is 25.7. The number of aryl methyl sites for hydroxylation is 1. The van der Waals surface area contributed by atoms with Gasteiger partial charge in [0, 0.05) is 12.2 Å². The lowest BCUT2D eigenvalue weighted by Crippen LogP contribution is -2.46. The van der Waals surface area contributed by atoms with Crippen LogP contribution >= 0.6 is 11.3 Å². The van der Waals surface area contributed by atoms with Gasteiger partial charge in [-0.3, -0.25) is 14.5 Å². The van der Waals surface area contributed by atoms with Crippen LogP contribution in [0.5, 0.6) is 0 Å². The number of anilines is 1. The predicted molar refractivity (Wildman–Crippen MR) is 141 cm³/mol. The quantitative estimate of drug-likeness (QED) is 0.400. The molecule has 3 aromatic rings. The van der Waals surface area contributed by atoms with Gasteiger partial charge in [0.2, 0.25) is 5.91 Å². The number of hydrogen-bond donors (Lipinski definition) is 2. The Bertz CT molecular complexity index is 1210. The number of amides is 3. The second-order valence-corrected chi connectivity index (χ2v) is 10.3. The minimum Gasteiger partial charge on any atom is -0.438 e. The molecule has 2 atom stereocenters. The van der Waals surface area contributed by atoms with Crippen molar-refractivity contribution in [3.63, 3.8) is 0 Å². The van der Waals surface area contributed by atoms with Gasteiger partial charge in [0.05, 0.1) is 11.4 Å². The van der Waals surface area contributed by atoms with Gasteiger partial charge in [-0.1, -0.05) is 61.9 Å². The smallest absolute Gasteiger partial charge is 0.411 e. The van der Waals surface area contributed by atoms with Gasteiger partial charge in [0.25, 0.3) is 5.91 Å². The molecule has 188 valence electrons. The largest absolute Gasteiger partial charge is 0.438 e. The molecule has 7 nitrogen and oxygen atoms in total. The zero-order valence-electron chi connectivity index (χ0n) is 20.7. The molecule has 1 aliphatic rings. The highest BCUT2D eigenvalue weighted by molar-refractivity contribution is 7.12. The van der Waals surface area contributed by atoms with Crippen molar-refractivity contribution in [2.45, 2.75) is 45.9 Å². The minimum absolute atomic E-state index is 0.213. The SMILES string of the molecule is Cc1ccc(CN2C(=O)O[C@@H](c3cccc(NC(=O)c4cccs4)c3)[C@@H]2C(=O)NCCC(C)C)cc1. The van der Waals surface area contributed by atoms with Crippen LogP contribution in [0.1, 0.15) is 52.7 Å². The average molecular weight is 506 g/mol. The molecular weight excluding hydrogens is 474 g/mol. The number of nitrogens with one attached hydrogen (secondary N) is 2. The number of nitrogens with zero attached hydrogens (tertiary/aromatic N) is 1. The van der Waals surface area contributed by atoms with Gasteiger partial charge in [-0.25, -0.2) is 4.79 Å². The standard InChI is InChI=1S/C28H31N3O4S/c1-18(2)13-14-29-27(33)24-25(35-28(34)31(24)17-20-11-9-19(3)10-12-20)21-6-4-7-22(16-21)30-26(32)23-8-5-15-36-23/h4-12,15-16,18,24-25H,13-14,17H2,1-3H3,(H,29,33)(H,30,32)/t24-,25+/m1/s1. The van der Waals surface area contributed by atoms with Crippen molar-refractivity contribution in [3.8, 4) is 0 Å². The predicted octanol–water partition coefficient (Wildman–Crippen LogP) is 5.53. The Hall–Kier alpha value is -3.65. The summed E-state index contributed by atoms with van der Waals surface area (Å²) in [6.07, 6.45) is -0.515. The number of ether oxygens (including phenoxy) is 1. The fraction of sp³-hybridized carbons (Fsp3) is 0.321. The topological polar surface area (TPSA) is 87.7 Å². The Kier molecular flexibility index (Phi) is 8.05. The Balaban J connectivity index is 1.58. The Morgan fingerprint density at radius 1 is 1.08 bits per heavy atom. The highest BCUT2D eigenvalue weighted by Gasteiger charge is 2.47. The molecule has 0 aliphatic carbocycles. The van der Waals surface area contributed by atoms with E-state index in [-0.39, 0.29) is 18.4 Å². The first kappa shape index (κ1) is 25.4. The molecule has 36 heavy (non-hydrogen) atoms. The number of thiophene rings is 1. The van der Waals surface area contributed by atoms with Crippen LogP contribution in [0, 0.1) is 12.8 Å². The summed E-state index contributed by atoms with van der Waals surface area (Å²) in [7, 11) is 0. The summed E-state index contributed by atoms with van der Waals surface area (Å²) in [5.41, 5.74) is 3.24. The molecule has 8 heteroatoms. The maximum absolute atomic E-state index is 13.4. The summed E-state index contributed by atoms with van der Waals surface area (Å²) in [5.74, 6) is -0.0314. The number of hydrogen-bond acceptors (Lipinski definition) is 5. The van der Waals surface area contributed by atoms with Gasteiger partial charge in [0.15, 0.2) is 12.1 Å². The second kappa shape index (κ2) is 11.4. The lowest BCUT2D eigenvalue weighted by Gasteiger charge is -2.24. The fourth-order valence-corrected chi connectivity index (χ4v) is 4.70. The van der Waals surface area contributed by atoms with Gasteiger partial charge in [0.1, 0.15) is 0 Å². The summed E-state index contributed by atoms with van der Waals surface area (Å²) >= 11 is 1.35. The number of cyclic esters (lactones) is 1. The van der Waals surface area contributed by atoms with Crippen LogP contribution in [-0.2, 0) is 16.1 Å². The van der Waals surface area contributed by atoms with Crippen LogP contribution in [0.25, 0.3) is 0 Å². The van der Waals surface area contributed by atoms with E-state index in [4.69, 9.17) is 4.74 Å². The van der Waals surface area contributed by atoms with Crippen molar-refractivity contribution in [2.75, 3.05) is 11.9 Å². The van der Waals surface area contributed by atoms with Crippen LogP contribution in [0.4, 0.5) is 10.5 Å². The van der Waals surface area contributed by atoms with Crippen molar-refractivity contribution in [1.29, 1.82) is 0 Å². The molecule has 0 radical (unpaired) electrons. The van der Waals surface area contributed by atoms with E-state index in [1.807, 2.05) is 48.7 Å². The van der Waals surface area contributed by atoms with Gasteiger partial charge in [-0.15, -0.1) is 11.3 Å². The van der Waals surface area contributed by atoms with Gasteiger partial charge in [-0.05, 0) is 54.0 Å². The van der Waals surface area contributed by atoms with Gasteiger partial charge in [-0.2, -0.15) is 0 Å². The van der Waals surface area contributed by atoms with E-state index in [0.717, 1.165) is 17.5 Å². The Morgan fingerprint density at radius 3 is 2.56 bits per heavy atom. The number of rotatable bonds is 9. The second-order valence-electron chi connectivity index (χ2n) is 9.39. The van der Waals surface area contributed by atoms with E-state index in [2.05, 4.69) is 24.5 Å². The molecule has 0 bridgehead atoms. The summed E-state index contributed by atoms with van der Waals surface area (Å²) in [4.78, 5) is 41.0. The molecule has 0 saturated carbocycles. The zero-order valence-corrected chi connectivity index (χ0v) is 21.5. The molecule has 0 spiro atoms. The molecular formula is C28H31N3O4S. The Morgan fingerprint density at radius 2 is 1.86 bits per heavy atom. The minimum atomic E-state index is -0.839. The lowest BCUT2D eigenvalue weighted by molar-refractivity contribution is -0.126. The molecule has 1 fully saturated rings. The molecule has 2 heterocycles. The molecule has 1 aliphatic heterocycles. The number of carbonyl (C=O) groups excluding carboxylic acids is 3. The molecule has 2 aromatic carbocycles. The van der Waals surface area contributed by atoms with Crippen LogP contribution in [0.15, 0.2) is 66.0 Å². The fourth-order valence-electron chi connectivity index (χ4n) is 4.08. The van der Waals surface area contributed by atoms with Crippen molar-refractivity contribution < 1.29 is 19.1 Å². The average Bonchev–Trinajstić information content (AvgIpc) is 3.49. The molecule has 4 rings (SSSR count). The molecule has 1 saturated heterocycles. The molecule has 3 amide bonds. The monoisotopic (exact) mass is 505 g/mol. The van der Waals surface area contributed by atoms with Crippen molar-refractivity contribution in [1.82, 2.24) is 10.2 Å². The highest BCUT2D eigenvalue weighted by atomic mass is 32.1. The van der Waals surface area contributed by atoms with Crippen molar-refractivity contribution >= 4 is 34.9 Å². The van der Waals surface area contributed by atoms with Crippen LogP contribution in [-0.4, -0.2) is 35.4 Å². The first-order valence-corrected chi connectivity index (χ1v) is 12.9. The van der Waals surface area contributed by atoms with E-state index in [1.165, 1.54) is 16.2 Å². The Labute approximate surface area is 215 Å². The number of benzene rings is 2. The summed E-state index contributed by atoms with van der Waals surface area (Å²) in [5, 5.41) is 7.71. The summed E-state index contributed by atoms with van der Waals surface area (Å²) < 4.78 is 5.76. The first-order chi connectivity index (χ1) is 17.3. The summed E-state index contributed by atoms with van der Waals surface area (Å²) in [6.45, 7) is 6.96. The van der Waals surface area contributed by atoms with E-state index in [0.29, 0.717) is 28.6 Å². The van der Waals surface area contributed by atoms with Crippen LogP contribution in [0.2, 0.25) is 0 Å². The highest BCUT2D eigenvalue weighted by Crippen LogP contribution is 2.35. The maximum atomic E-state index is 13.4. The first-order valence-electron chi connectivity index (χ1n) is 12.1. The van der Waals surface area contributed by atoms with Crippen LogP contribution < -0.4 is 10.6 Å². The van der Waals surface area contributed by atoms with E-state index in [9.17, 15) is 14.4 Å². The van der Waals surface area contributed by atoms with E-state index < -0.39 is 18.2 Å². The maximum Gasteiger partial charge on any atom is 0.411 e. The summed E-state index contributed by atoms with van der Waals surface area (Å²) in [6, 6.07) is 17.7. The van der Waals surface area contributed by atoms with E-state index in [1.54, 1.807) is 24.3 Å². The number of carbonyl (C=O) groups is 3. The lowest BCUT2D eigenvalue weighted by atomic mass is 9.99. The van der Waals surface area contributed by atoms with E-state index >= 15 is 0 Å². The van der Waals surface area contributed by atoms with Gasteiger partial charge >= 0.3 is 6.09 Å². The molecule has 2 N–H and O–H groups in total. The molecule has 1 aromatic heterocycles. The third-order valence-corrected chi connectivity index (χ3v) is 6.93. The van der Waals surface area contributed by atoms with Gasteiger partial charge < -0.3 is 15.4 Å². The third-order valence-electron chi connectivity index (χ3n) is 6.07. The van der Waals surface area contributed by atoms with Crippen molar-refractivity contribution in [3.05, 3.63) is 87.6 Å².